The molecule has 2 aliphatic carbocycles. The lowest BCUT2D eigenvalue weighted by Crippen LogP contribution is -2.38. The van der Waals surface area contributed by atoms with E-state index in [0.717, 1.165) is 11.8 Å². The van der Waals surface area contributed by atoms with Gasteiger partial charge in [0, 0.05) is 30.4 Å². The molecule has 0 bridgehead atoms. The fraction of sp³-hybridized carbons (Fsp3) is 0.824. The lowest BCUT2D eigenvalue weighted by Gasteiger charge is -2.35. The molecule has 0 saturated heterocycles. The van der Waals surface area contributed by atoms with Crippen LogP contribution in [0.15, 0.2) is 6.20 Å². The van der Waals surface area contributed by atoms with Gasteiger partial charge in [0.2, 0.25) is 0 Å². The highest BCUT2D eigenvalue weighted by Crippen LogP contribution is 2.34. The van der Waals surface area contributed by atoms with Gasteiger partial charge in [-0.1, -0.05) is 26.7 Å². The summed E-state index contributed by atoms with van der Waals surface area (Å²) in [7, 11) is 2.08. The van der Waals surface area contributed by atoms with E-state index >= 15 is 0 Å². The molecule has 3 heteroatoms. The summed E-state index contributed by atoms with van der Waals surface area (Å²) in [5.74, 6) is 1.75. The van der Waals surface area contributed by atoms with Crippen molar-refractivity contribution < 1.29 is 0 Å². The van der Waals surface area contributed by atoms with Gasteiger partial charge in [0.15, 0.2) is 0 Å². The number of aromatic nitrogens is 2. The van der Waals surface area contributed by atoms with Crippen molar-refractivity contribution in [1.29, 1.82) is 0 Å². The van der Waals surface area contributed by atoms with Crippen LogP contribution in [0.3, 0.4) is 0 Å². The van der Waals surface area contributed by atoms with Crippen LogP contribution in [-0.4, -0.2) is 15.8 Å². The molecule has 0 radical (unpaired) electrons. The van der Waals surface area contributed by atoms with E-state index in [4.69, 9.17) is 0 Å². The lowest BCUT2D eigenvalue weighted by atomic mass is 9.78. The monoisotopic (exact) mass is 275 g/mol. The molecule has 0 aromatic carbocycles. The normalized spacial score (nSPS) is 30.5. The maximum atomic E-state index is 4.46. The van der Waals surface area contributed by atoms with Crippen molar-refractivity contribution in [3.05, 3.63) is 17.5 Å². The first kappa shape index (κ1) is 14.1. The van der Waals surface area contributed by atoms with Crippen molar-refractivity contribution in [2.24, 2.45) is 18.9 Å². The molecule has 1 aromatic heterocycles. The van der Waals surface area contributed by atoms with E-state index in [0.29, 0.717) is 12.1 Å². The van der Waals surface area contributed by atoms with Crippen LogP contribution in [-0.2, 0) is 13.5 Å². The average Bonchev–Trinajstić information content (AvgIpc) is 2.82. The third kappa shape index (κ3) is 2.78. The van der Waals surface area contributed by atoms with Gasteiger partial charge in [-0.3, -0.25) is 4.68 Å². The molecule has 2 aliphatic rings. The number of hydrogen-bond donors (Lipinski definition) is 1. The minimum Gasteiger partial charge on any atom is -0.307 e. The summed E-state index contributed by atoms with van der Waals surface area (Å²) in [5, 5.41) is 8.42. The first-order valence-electron chi connectivity index (χ1n) is 8.42. The third-order valence-electron chi connectivity index (χ3n) is 5.47. The maximum absolute atomic E-state index is 4.46. The number of nitrogens with zero attached hydrogens (tertiary/aromatic N) is 2. The minimum atomic E-state index is 0.545. The minimum absolute atomic E-state index is 0.545. The fourth-order valence-electron chi connectivity index (χ4n) is 4.15. The summed E-state index contributed by atoms with van der Waals surface area (Å²) in [6.07, 6.45) is 11.4. The second-order valence-corrected chi connectivity index (χ2v) is 7.15. The molecule has 1 heterocycles. The maximum Gasteiger partial charge on any atom is 0.0540 e. The van der Waals surface area contributed by atoms with E-state index < -0.39 is 0 Å². The molecule has 1 N–H and O–H groups in total. The van der Waals surface area contributed by atoms with Crippen molar-refractivity contribution in [2.45, 2.75) is 70.9 Å². The number of nitrogens with one attached hydrogen (secondary N) is 1. The Hall–Kier alpha value is -0.830. The van der Waals surface area contributed by atoms with Crippen molar-refractivity contribution >= 4 is 0 Å². The highest BCUT2D eigenvalue weighted by Gasteiger charge is 2.29. The smallest absolute Gasteiger partial charge is 0.0540 e. The Balaban J connectivity index is 1.66. The Labute approximate surface area is 123 Å². The SMILES string of the molecule is CC(C)C1CCCC(NC2CCCc3c2cnn3C)C1. The lowest BCUT2D eigenvalue weighted by molar-refractivity contribution is 0.216. The van der Waals surface area contributed by atoms with Gasteiger partial charge in [0.05, 0.1) is 6.20 Å². The van der Waals surface area contributed by atoms with Crippen LogP contribution < -0.4 is 5.32 Å². The molecule has 0 spiro atoms. The highest BCUT2D eigenvalue weighted by atomic mass is 15.3. The summed E-state index contributed by atoms with van der Waals surface area (Å²) in [6, 6.07) is 1.26. The van der Waals surface area contributed by atoms with E-state index in [2.05, 4.69) is 42.2 Å². The Bertz CT molecular complexity index is 449. The molecule has 0 aliphatic heterocycles. The molecule has 0 amide bonds. The van der Waals surface area contributed by atoms with Crippen LogP contribution in [0.1, 0.15) is 69.7 Å². The van der Waals surface area contributed by atoms with Gasteiger partial charge in [0.25, 0.3) is 0 Å². The van der Waals surface area contributed by atoms with Crippen molar-refractivity contribution in [3.63, 3.8) is 0 Å². The second-order valence-electron chi connectivity index (χ2n) is 7.15. The summed E-state index contributed by atoms with van der Waals surface area (Å²) in [5.41, 5.74) is 2.91. The van der Waals surface area contributed by atoms with Gasteiger partial charge < -0.3 is 5.32 Å². The largest absolute Gasteiger partial charge is 0.307 e. The van der Waals surface area contributed by atoms with E-state index in [1.165, 1.54) is 56.2 Å². The molecule has 3 atom stereocenters. The van der Waals surface area contributed by atoms with Crippen LogP contribution in [0.2, 0.25) is 0 Å². The number of rotatable bonds is 3. The standard InChI is InChI=1S/C17H29N3/c1-12(2)13-6-4-7-14(10-13)19-16-8-5-9-17-15(16)11-18-20(17)3/h11-14,16,19H,4-10H2,1-3H3. The third-order valence-corrected chi connectivity index (χ3v) is 5.47. The second kappa shape index (κ2) is 5.88. The van der Waals surface area contributed by atoms with Gasteiger partial charge in [0.1, 0.15) is 0 Å². The first-order chi connectivity index (χ1) is 9.65. The summed E-state index contributed by atoms with van der Waals surface area (Å²) in [4.78, 5) is 0. The molecule has 3 nitrogen and oxygen atoms in total. The van der Waals surface area contributed by atoms with E-state index in [1.54, 1.807) is 0 Å². The van der Waals surface area contributed by atoms with Gasteiger partial charge in [-0.25, -0.2) is 0 Å². The molecule has 1 saturated carbocycles. The van der Waals surface area contributed by atoms with Crippen molar-refractivity contribution in [1.82, 2.24) is 15.1 Å². The highest BCUT2D eigenvalue weighted by molar-refractivity contribution is 5.24. The van der Waals surface area contributed by atoms with Crippen LogP contribution in [0.5, 0.6) is 0 Å². The van der Waals surface area contributed by atoms with Gasteiger partial charge in [-0.05, 0) is 43.9 Å². The van der Waals surface area contributed by atoms with Crippen molar-refractivity contribution in [2.75, 3.05) is 0 Å². The average molecular weight is 275 g/mol. The molecule has 112 valence electrons. The Kier molecular flexibility index (Phi) is 4.16. The molecule has 3 unspecified atom stereocenters. The predicted octanol–water partition coefficient (Wildman–Crippen LogP) is 3.60. The molecular weight excluding hydrogens is 246 g/mol. The quantitative estimate of drug-likeness (QED) is 0.913. The topological polar surface area (TPSA) is 29.9 Å². The van der Waals surface area contributed by atoms with E-state index in [-0.39, 0.29) is 0 Å². The Morgan fingerprint density at radius 3 is 2.90 bits per heavy atom. The Morgan fingerprint density at radius 1 is 1.25 bits per heavy atom. The molecule has 20 heavy (non-hydrogen) atoms. The molecule has 3 rings (SSSR count). The van der Waals surface area contributed by atoms with E-state index in [9.17, 15) is 0 Å². The zero-order chi connectivity index (χ0) is 14.1. The summed E-state index contributed by atoms with van der Waals surface area (Å²) in [6.45, 7) is 4.76. The number of aryl methyl sites for hydroxylation is 1. The van der Waals surface area contributed by atoms with E-state index in [1.807, 2.05) is 0 Å². The van der Waals surface area contributed by atoms with Gasteiger partial charge in [-0.15, -0.1) is 0 Å². The van der Waals surface area contributed by atoms with Crippen molar-refractivity contribution in [3.8, 4) is 0 Å². The predicted molar refractivity (Wildman–Crippen MR) is 82.6 cm³/mol. The molecule has 1 aromatic rings. The van der Waals surface area contributed by atoms with Gasteiger partial charge in [-0.2, -0.15) is 5.10 Å². The van der Waals surface area contributed by atoms with Crippen LogP contribution >= 0.6 is 0 Å². The zero-order valence-corrected chi connectivity index (χ0v) is 13.2. The fourth-order valence-corrected chi connectivity index (χ4v) is 4.15. The van der Waals surface area contributed by atoms with Gasteiger partial charge >= 0.3 is 0 Å². The zero-order valence-electron chi connectivity index (χ0n) is 13.2. The van der Waals surface area contributed by atoms with Crippen LogP contribution in [0, 0.1) is 11.8 Å². The number of fused-ring (bicyclic) bond motifs is 1. The van der Waals surface area contributed by atoms with Crippen LogP contribution in [0.25, 0.3) is 0 Å². The number of hydrogen-bond acceptors (Lipinski definition) is 2. The Morgan fingerprint density at radius 2 is 2.10 bits per heavy atom. The first-order valence-corrected chi connectivity index (χ1v) is 8.42. The molecule has 1 fully saturated rings. The summed E-state index contributed by atoms with van der Waals surface area (Å²) >= 11 is 0. The molecular formula is C17H29N3. The summed E-state index contributed by atoms with van der Waals surface area (Å²) < 4.78 is 2.07. The van der Waals surface area contributed by atoms with Crippen LogP contribution in [0.4, 0.5) is 0 Å².